The van der Waals surface area contributed by atoms with Gasteiger partial charge in [-0.15, -0.1) is 0 Å². The van der Waals surface area contributed by atoms with Gasteiger partial charge in [0.05, 0.1) is 11.1 Å². The molecule has 0 heterocycles. The van der Waals surface area contributed by atoms with Gasteiger partial charge in [-0.05, 0) is 31.2 Å². The van der Waals surface area contributed by atoms with Crippen LogP contribution in [0.4, 0.5) is 0 Å². The highest BCUT2D eigenvalue weighted by atomic mass is 35.5. The van der Waals surface area contributed by atoms with E-state index < -0.39 is 0 Å². The molecule has 0 aliphatic rings. The second-order valence-electron chi connectivity index (χ2n) is 4.82. The number of carbonyl (C=O) groups excluding carboxylic acids is 1. The third-order valence-corrected chi connectivity index (χ3v) is 3.79. The lowest BCUT2D eigenvalue weighted by Gasteiger charge is -2.26. The predicted molar refractivity (Wildman–Crippen MR) is 81.7 cm³/mol. The van der Waals surface area contributed by atoms with E-state index in [0.717, 1.165) is 0 Å². The molecule has 1 unspecified atom stereocenters. The van der Waals surface area contributed by atoms with Crippen molar-refractivity contribution in [3.63, 3.8) is 0 Å². The van der Waals surface area contributed by atoms with Crippen molar-refractivity contribution in [2.24, 2.45) is 0 Å². The Morgan fingerprint density at radius 1 is 1.14 bits per heavy atom. The van der Waals surface area contributed by atoms with Crippen LogP contribution < -0.4 is 0 Å². The van der Waals surface area contributed by atoms with Gasteiger partial charge in [0.1, 0.15) is 11.5 Å². The molecule has 0 aliphatic carbocycles. The van der Waals surface area contributed by atoms with Crippen molar-refractivity contribution < 1.29 is 15.0 Å². The number of nitrogens with zero attached hydrogens (tertiary/aromatic N) is 1. The molecule has 0 bridgehead atoms. The van der Waals surface area contributed by atoms with E-state index in [1.54, 1.807) is 31.3 Å². The van der Waals surface area contributed by atoms with Crippen LogP contribution in [0.1, 0.15) is 28.9 Å². The summed E-state index contributed by atoms with van der Waals surface area (Å²) in [5, 5.41) is 19.4. The number of rotatable bonds is 3. The molecule has 1 amide bonds. The van der Waals surface area contributed by atoms with E-state index in [-0.39, 0.29) is 28.5 Å². The zero-order valence-electron chi connectivity index (χ0n) is 11.7. The molecule has 2 N–H and O–H groups in total. The van der Waals surface area contributed by atoms with Crippen LogP contribution in [-0.2, 0) is 0 Å². The average molecular weight is 306 g/mol. The van der Waals surface area contributed by atoms with Crippen molar-refractivity contribution in [1.82, 2.24) is 4.90 Å². The monoisotopic (exact) mass is 305 g/mol. The van der Waals surface area contributed by atoms with Crippen LogP contribution in [0.25, 0.3) is 0 Å². The second-order valence-corrected chi connectivity index (χ2v) is 5.22. The summed E-state index contributed by atoms with van der Waals surface area (Å²) >= 11 is 5.82. The molecule has 1 atom stereocenters. The van der Waals surface area contributed by atoms with Crippen LogP contribution >= 0.6 is 11.6 Å². The Bertz CT molecular complexity index is 672. The summed E-state index contributed by atoms with van der Waals surface area (Å²) in [4.78, 5) is 13.9. The average Bonchev–Trinajstić information content (AvgIpc) is 2.48. The van der Waals surface area contributed by atoms with E-state index in [1.165, 1.54) is 23.1 Å². The Kier molecular flexibility index (Phi) is 4.38. The number of halogens is 1. The number of amides is 1. The Balaban J connectivity index is 2.26. The fourth-order valence-electron chi connectivity index (χ4n) is 2.07. The first-order chi connectivity index (χ1) is 9.91. The van der Waals surface area contributed by atoms with Crippen molar-refractivity contribution in [2.75, 3.05) is 7.05 Å². The number of phenolic OH excluding ortho intramolecular Hbond substituents is 2. The number of para-hydroxylation sites is 1. The normalized spacial score (nSPS) is 12.0. The van der Waals surface area contributed by atoms with Gasteiger partial charge < -0.3 is 15.1 Å². The standard InChI is InChI=1S/C16H16ClNO3/c1-10(12-5-3-4-6-14(12)19)18(2)16(21)11-7-8-15(20)13(17)9-11/h3-10,19-20H,1-2H3. The van der Waals surface area contributed by atoms with Gasteiger partial charge in [-0.1, -0.05) is 29.8 Å². The lowest BCUT2D eigenvalue weighted by molar-refractivity contribution is 0.0741. The zero-order chi connectivity index (χ0) is 15.6. The molecule has 110 valence electrons. The quantitative estimate of drug-likeness (QED) is 0.911. The molecule has 2 aromatic carbocycles. The molecule has 5 heteroatoms. The van der Waals surface area contributed by atoms with Gasteiger partial charge in [-0.2, -0.15) is 0 Å². The summed E-state index contributed by atoms with van der Waals surface area (Å²) in [7, 11) is 1.65. The van der Waals surface area contributed by atoms with Crippen molar-refractivity contribution >= 4 is 17.5 Å². The van der Waals surface area contributed by atoms with Crippen LogP contribution in [0.15, 0.2) is 42.5 Å². The fraction of sp³-hybridized carbons (Fsp3) is 0.188. The second kappa shape index (κ2) is 6.06. The highest BCUT2D eigenvalue weighted by Crippen LogP contribution is 2.29. The van der Waals surface area contributed by atoms with Gasteiger partial charge in [-0.3, -0.25) is 4.79 Å². The summed E-state index contributed by atoms with van der Waals surface area (Å²) in [6, 6.07) is 10.9. The molecule has 21 heavy (non-hydrogen) atoms. The lowest BCUT2D eigenvalue weighted by Crippen LogP contribution is -2.29. The topological polar surface area (TPSA) is 60.8 Å². The first-order valence-electron chi connectivity index (χ1n) is 6.45. The minimum atomic E-state index is -0.300. The van der Waals surface area contributed by atoms with Crippen molar-refractivity contribution in [1.29, 1.82) is 0 Å². The Hall–Kier alpha value is -2.20. The predicted octanol–water partition coefficient (Wildman–Crippen LogP) is 3.58. The van der Waals surface area contributed by atoms with E-state index in [4.69, 9.17) is 11.6 Å². The molecule has 0 spiro atoms. The van der Waals surface area contributed by atoms with E-state index in [0.29, 0.717) is 11.1 Å². The number of benzene rings is 2. The minimum Gasteiger partial charge on any atom is -0.508 e. The minimum absolute atomic E-state index is 0.0652. The number of hydrogen-bond donors (Lipinski definition) is 2. The molecule has 2 rings (SSSR count). The molecule has 4 nitrogen and oxygen atoms in total. The molecule has 0 saturated carbocycles. The Morgan fingerprint density at radius 3 is 2.43 bits per heavy atom. The van der Waals surface area contributed by atoms with Gasteiger partial charge >= 0.3 is 0 Å². The van der Waals surface area contributed by atoms with E-state index >= 15 is 0 Å². The number of aromatic hydroxyl groups is 2. The maximum Gasteiger partial charge on any atom is 0.254 e. The largest absolute Gasteiger partial charge is 0.508 e. The summed E-state index contributed by atoms with van der Waals surface area (Å²) < 4.78 is 0. The van der Waals surface area contributed by atoms with Gasteiger partial charge in [-0.25, -0.2) is 0 Å². The van der Waals surface area contributed by atoms with E-state index in [9.17, 15) is 15.0 Å². The van der Waals surface area contributed by atoms with Crippen LogP contribution in [0, 0.1) is 0 Å². The van der Waals surface area contributed by atoms with Crippen LogP contribution in [0.3, 0.4) is 0 Å². The van der Waals surface area contributed by atoms with Gasteiger partial charge in [0.2, 0.25) is 0 Å². The molecule has 0 saturated heterocycles. The van der Waals surface area contributed by atoms with Crippen LogP contribution in [0.5, 0.6) is 11.5 Å². The summed E-state index contributed by atoms with van der Waals surface area (Å²) in [6.07, 6.45) is 0. The third kappa shape index (κ3) is 3.11. The van der Waals surface area contributed by atoms with Crippen molar-refractivity contribution in [2.45, 2.75) is 13.0 Å². The Labute approximate surface area is 128 Å². The van der Waals surface area contributed by atoms with Crippen LogP contribution in [0.2, 0.25) is 5.02 Å². The fourth-order valence-corrected chi connectivity index (χ4v) is 2.25. The Morgan fingerprint density at radius 2 is 1.81 bits per heavy atom. The molecule has 0 aliphatic heterocycles. The maximum absolute atomic E-state index is 12.4. The molecule has 0 radical (unpaired) electrons. The maximum atomic E-state index is 12.4. The van der Waals surface area contributed by atoms with Gasteiger partial charge in [0.15, 0.2) is 0 Å². The third-order valence-electron chi connectivity index (χ3n) is 3.48. The first kappa shape index (κ1) is 15.2. The highest BCUT2D eigenvalue weighted by Gasteiger charge is 2.21. The first-order valence-corrected chi connectivity index (χ1v) is 6.83. The molecule has 2 aromatic rings. The molecule has 0 fully saturated rings. The van der Waals surface area contributed by atoms with Crippen molar-refractivity contribution in [3.8, 4) is 11.5 Å². The lowest BCUT2D eigenvalue weighted by atomic mass is 10.1. The summed E-state index contributed by atoms with van der Waals surface area (Å²) in [6.45, 7) is 1.83. The number of phenols is 2. The number of hydrogen-bond acceptors (Lipinski definition) is 3. The van der Waals surface area contributed by atoms with Gasteiger partial charge in [0, 0.05) is 18.2 Å². The molecule has 0 aromatic heterocycles. The molecular formula is C16H16ClNO3. The smallest absolute Gasteiger partial charge is 0.254 e. The SMILES string of the molecule is CC(c1ccccc1O)N(C)C(=O)c1ccc(O)c(Cl)c1. The van der Waals surface area contributed by atoms with Crippen molar-refractivity contribution in [3.05, 3.63) is 58.6 Å². The molecular weight excluding hydrogens is 290 g/mol. The summed E-state index contributed by atoms with van der Waals surface area (Å²) in [5.74, 6) is -0.161. The highest BCUT2D eigenvalue weighted by molar-refractivity contribution is 6.32. The van der Waals surface area contributed by atoms with Crippen LogP contribution in [-0.4, -0.2) is 28.1 Å². The summed E-state index contributed by atoms with van der Waals surface area (Å²) in [5.41, 5.74) is 1.04. The van der Waals surface area contributed by atoms with Gasteiger partial charge in [0.25, 0.3) is 5.91 Å². The van der Waals surface area contributed by atoms with E-state index in [1.807, 2.05) is 6.92 Å². The van der Waals surface area contributed by atoms with E-state index in [2.05, 4.69) is 0 Å². The zero-order valence-corrected chi connectivity index (χ0v) is 12.5. The number of carbonyl (C=O) groups is 1.